The number of carbonyl (C=O) groups is 1. The standard InChI is InChI=1S/C13H11F5N2O6S/c1-2-19-8(21)6-5(7(14)15)10(26-12(23)24)27-9(6)20(11(19)22)3-4-25-13(16,17)18/h7H,2-4H2,1H3,(H,23,24). The molecule has 8 nitrogen and oxygen atoms in total. The highest BCUT2D eigenvalue weighted by molar-refractivity contribution is 7.20. The molecule has 0 aromatic carbocycles. The van der Waals surface area contributed by atoms with Gasteiger partial charge in [0.1, 0.15) is 4.83 Å². The Kier molecular flexibility index (Phi) is 5.89. The molecule has 2 rings (SSSR count). The van der Waals surface area contributed by atoms with Gasteiger partial charge in [-0.05, 0) is 6.92 Å². The van der Waals surface area contributed by atoms with Gasteiger partial charge in [0.15, 0.2) is 5.06 Å². The number of carboxylic acid groups (broad SMARTS) is 1. The molecule has 0 atom stereocenters. The van der Waals surface area contributed by atoms with E-state index in [4.69, 9.17) is 5.11 Å². The zero-order chi connectivity index (χ0) is 20.5. The minimum Gasteiger partial charge on any atom is -0.449 e. The van der Waals surface area contributed by atoms with Gasteiger partial charge in [0.2, 0.25) is 0 Å². The molecule has 0 spiro atoms. The first-order chi connectivity index (χ1) is 12.5. The lowest BCUT2D eigenvalue weighted by Crippen LogP contribution is -2.40. The van der Waals surface area contributed by atoms with Crippen LogP contribution in [0.3, 0.4) is 0 Å². The number of halogens is 5. The lowest BCUT2D eigenvalue weighted by Gasteiger charge is -2.12. The summed E-state index contributed by atoms with van der Waals surface area (Å²) in [4.78, 5) is 35.0. The molecule has 0 amide bonds. The number of thiophene rings is 1. The van der Waals surface area contributed by atoms with Crippen LogP contribution in [0, 0.1) is 0 Å². The fourth-order valence-electron chi connectivity index (χ4n) is 2.34. The van der Waals surface area contributed by atoms with E-state index >= 15 is 0 Å². The second kappa shape index (κ2) is 7.64. The second-order valence-electron chi connectivity index (χ2n) is 4.93. The highest BCUT2D eigenvalue weighted by Crippen LogP contribution is 2.41. The van der Waals surface area contributed by atoms with Gasteiger partial charge >= 0.3 is 18.2 Å². The van der Waals surface area contributed by atoms with Crippen molar-refractivity contribution in [2.45, 2.75) is 32.8 Å². The predicted molar refractivity (Wildman–Crippen MR) is 81.6 cm³/mol. The van der Waals surface area contributed by atoms with Gasteiger partial charge in [0.25, 0.3) is 12.0 Å². The van der Waals surface area contributed by atoms with Gasteiger partial charge in [-0.15, -0.1) is 13.2 Å². The molecular formula is C13H11F5N2O6S. The third-order valence-electron chi connectivity index (χ3n) is 3.35. The van der Waals surface area contributed by atoms with Crippen molar-refractivity contribution in [1.82, 2.24) is 9.13 Å². The molecule has 0 fully saturated rings. The SMILES string of the molecule is CCn1c(=O)c2c(C(F)F)c(OC(=O)O)sc2n(CCOC(F)(F)F)c1=O. The Morgan fingerprint density at radius 1 is 1.26 bits per heavy atom. The Hall–Kier alpha value is -2.48. The van der Waals surface area contributed by atoms with E-state index in [1.807, 2.05) is 0 Å². The van der Waals surface area contributed by atoms with E-state index in [-0.39, 0.29) is 17.9 Å². The molecule has 1 N–H and O–H groups in total. The zero-order valence-corrected chi connectivity index (χ0v) is 14.2. The van der Waals surface area contributed by atoms with E-state index in [2.05, 4.69) is 9.47 Å². The first-order valence-corrected chi connectivity index (χ1v) is 7.99. The van der Waals surface area contributed by atoms with Crippen LogP contribution in [0.5, 0.6) is 5.06 Å². The van der Waals surface area contributed by atoms with Gasteiger partial charge < -0.3 is 9.84 Å². The number of hydrogen-bond donors (Lipinski definition) is 1. The largest absolute Gasteiger partial charge is 0.522 e. The van der Waals surface area contributed by atoms with Crippen LogP contribution in [-0.2, 0) is 17.8 Å². The third-order valence-corrected chi connectivity index (χ3v) is 4.46. The molecular weight excluding hydrogens is 407 g/mol. The number of alkyl halides is 5. The van der Waals surface area contributed by atoms with Crippen molar-refractivity contribution in [1.29, 1.82) is 0 Å². The number of rotatable bonds is 6. The first kappa shape index (κ1) is 20.8. The van der Waals surface area contributed by atoms with Crippen molar-refractivity contribution in [3.63, 3.8) is 0 Å². The van der Waals surface area contributed by atoms with Crippen LogP contribution in [0.25, 0.3) is 10.2 Å². The van der Waals surface area contributed by atoms with Crippen molar-refractivity contribution in [3.05, 3.63) is 26.4 Å². The van der Waals surface area contributed by atoms with Gasteiger partial charge in [-0.1, -0.05) is 11.3 Å². The third kappa shape index (κ3) is 4.27. The molecule has 0 aliphatic carbocycles. The maximum absolute atomic E-state index is 13.4. The van der Waals surface area contributed by atoms with E-state index in [0.29, 0.717) is 9.13 Å². The van der Waals surface area contributed by atoms with Crippen molar-refractivity contribution >= 4 is 27.7 Å². The molecule has 0 saturated carbocycles. The van der Waals surface area contributed by atoms with Crippen LogP contribution in [0.1, 0.15) is 18.9 Å². The first-order valence-electron chi connectivity index (χ1n) is 7.17. The average Bonchev–Trinajstić information content (AvgIpc) is 2.88. The minimum atomic E-state index is -4.98. The number of nitrogens with zero attached hydrogens (tertiary/aromatic N) is 2. The summed E-state index contributed by atoms with van der Waals surface area (Å²) in [7, 11) is 0. The Bertz CT molecular complexity index is 977. The van der Waals surface area contributed by atoms with Crippen molar-refractivity contribution in [2.75, 3.05) is 6.61 Å². The Labute approximate surface area is 150 Å². The summed E-state index contributed by atoms with van der Waals surface area (Å²) in [5.74, 6) is 0. The summed E-state index contributed by atoms with van der Waals surface area (Å²) >= 11 is 0.242. The molecule has 0 aliphatic rings. The molecule has 2 aromatic heterocycles. The zero-order valence-electron chi connectivity index (χ0n) is 13.4. The summed E-state index contributed by atoms with van der Waals surface area (Å²) in [5, 5.41) is 7.13. The predicted octanol–water partition coefficient (Wildman–Crippen LogP) is 2.78. The maximum Gasteiger partial charge on any atom is 0.522 e. The Morgan fingerprint density at radius 3 is 2.37 bits per heavy atom. The van der Waals surface area contributed by atoms with Crippen molar-refractivity contribution in [3.8, 4) is 5.06 Å². The summed E-state index contributed by atoms with van der Waals surface area (Å²) in [6.45, 7) is -0.641. The number of ether oxygens (including phenoxy) is 2. The molecule has 150 valence electrons. The summed E-state index contributed by atoms with van der Waals surface area (Å²) in [6.07, 6.45) is -10.2. The van der Waals surface area contributed by atoms with Crippen LogP contribution in [0.15, 0.2) is 9.59 Å². The lowest BCUT2D eigenvalue weighted by molar-refractivity contribution is -0.325. The number of hydrogen-bond acceptors (Lipinski definition) is 6. The van der Waals surface area contributed by atoms with Gasteiger partial charge in [-0.25, -0.2) is 18.4 Å². The average molecular weight is 418 g/mol. The second-order valence-corrected chi connectivity index (χ2v) is 5.89. The van der Waals surface area contributed by atoms with Gasteiger partial charge in [-0.2, -0.15) is 0 Å². The fraction of sp³-hybridized carbons (Fsp3) is 0.462. The molecule has 0 radical (unpaired) electrons. The molecule has 2 heterocycles. The van der Waals surface area contributed by atoms with E-state index in [1.165, 1.54) is 6.92 Å². The van der Waals surface area contributed by atoms with Crippen LogP contribution >= 0.6 is 11.3 Å². The highest BCUT2D eigenvalue weighted by Gasteiger charge is 2.31. The number of fused-ring (bicyclic) bond motifs is 1. The van der Waals surface area contributed by atoms with Crippen LogP contribution in [-0.4, -0.2) is 33.4 Å². The molecule has 0 saturated heterocycles. The summed E-state index contributed by atoms with van der Waals surface area (Å²) in [5.41, 5.74) is -3.22. The van der Waals surface area contributed by atoms with Crippen molar-refractivity contribution in [2.24, 2.45) is 0 Å². The molecule has 27 heavy (non-hydrogen) atoms. The smallest absolute Gasteiger partial charge is 0.449 e. The fourth-order valence-corrected chi connectivity index (χ4v) is 3.51. The number of aromatic nitrogens is 2. The quantitative estimate of drug-likeness (QED) is 0.572. The topological polar surface area (TPSA) is 99.8 Å². The van der Waals surface area contributed by atoms with Crippen LogP contribution in [0.2, 0.25) is 0 Å². The lowest BCUT2D eigenvalue weighted by atomic mass is 10.2. The van der Waals surface area contributed by atoms with E-state index in [9.17, 15) is 36.3 Å². The van der Waals surface area contributed by atoms with E-state index in [0.717, 1.165) is 0 Å². The monoisotopic (exact) mass is 418 g/mol. The van der Waals surface area contributed by atoms with Gasteiger partial charge in [0, 0.05) is 6.54 Å². The molecule has 0 aliphatic heterocycles. The van der Waals surface area contributed by atoms with Crippen molar-refractivity contribution < 1.29 is 41.3 Å². The summed E-state index contributed by atoms with van der Waals surface area (Å²) in [6, 6.07) is 0. The Morgan fingerprint density at radius 2 is 1.89 bits per heavy atom. The van der Waals surface area contributed by atoms with Gasteiger partial charge in [0.05, 0.1) is 24.1 Å². The molecule has 0 unspecified atom stereocenters. The minimum absolute atomic E-state index is 0.242. The highest BCUT2D eigenvalue weighted by atomic mass is 32.1. The Balaban J connectivity index is 2.75. The molecule has 2 aromatic rings. The van der Waals surface area contributed by atoms with E-state index in [1.54, 1.807) is 0 Å². The normalized spacial score (nSPS) is 12.1. The van der Waals surface area contributed by atoms with Gasteiger partial charge in [-0.3, -0.25) is 18.7 Å². The van der Waals surface area contributed by atoms with E-state index < -0.39 is 64.2 Å². The maximum atomic E-state index is 13.4. The molecule has 0 bridgehead atoms. The van der Waals surface area contributed by atoms with Crippen LogP contribution in [0.4, 0.5) is 26.7 Å². The molecule has 14 heteroatoms. The summed E-state index contributed by atoms with van der Waals surface area (Å²) < 4.78 is 72.3. The van der Waals surface area contributed by atoms with Crippen LogP contribution < -0.4 is 16.0 Å².